The van der Waals surface area contributed by atoms with Gasteiger partial charge in [-0.3, -0.25) is 4.79 Å². The van der Waals surface area contributed by atoms with E-state index in [0.29, 0.717) is 5.56 Å². The van der Waals surface area contributed by atoms with Crippen molar-refractivity contribution in [3.05, 3.63) is 65.1 Å². The van der Waals surface area contributed by atoms with Gasteiger partial charge in [0, 0.05) is 17.1 Å². The van der Waals surface area contributed by atoms with Gasteiger partial charge in [-0.05, 0) is 24.3 Å². The Morgan fingerprint density at radius 3 is 2.87 bits per heavy atom. The summed E-state index contributed by atoms with van der Waals surface area (Å²) < 4.78 is 14.9. The van der Waals surface area contributed by atoms with E-state index < -0.39 is 5.82 Å². The van der Waals surface area contributed by atoms with Crippen LogP contribution >= 0.6 is 11.6 Å². The molecule has 0 unspecified atom stereocenters. The molecule has 1 aromatic heterocycles. The monoisotopic (exact) mass is 327 g/mol. The molecule has 0 saturated carbocycles. The molecule has 0 spiro atoms. The average molecular weight is 328 g/mol. The van der Waals surface area contributed by atoms with E-state index >= 15 is 0 Å². The number of carbonyl (C=O) groups excluding carboxylic acids is 1. The molecule has 0 saturated heterocycles. The number of benzene rings is 2. The first-order valence-electron chi connectivity index (χ1n) is 6.81. The maximum atomic E-state index is 13.2. The van der Waals surface area contributed by atoms with Gasteiger partial charge in [-0.25, -0.2) is 4.39 Å². The minimum atomic E-state index is -0.483. The highest BCUT2D eigenvalue weighted by molar-refractivity contribution is 6.33. The first-order chi connectivity index (χ1) is 11.1. The van der Waals surface area contributed by atoms with Crippen LogP contribution in [0.2, 0.25) is 5.02 Å². The minimum absolute atomic E-state index is 0.00493. The molecule has 1 amide bonds. The van der Waals surface area contributed by atoms with Crippen LogP contribution in [0.15, 0.2) is 48.7 Å². The molecular formula is C17H11ClFN3O. The summed E-state index contributed by atoms with van der Waals surface area (Å²) in [6.45, 7) is -0.00493. The molecule has 3 rings (SSSR count). The number of carbonyl (C=O) groups is 1. The molecule has 2 aromatic carbocycles. The van der Waals surface area contributed by atoms with E-state index in [4.69, 9.17) is 16.9 Å². The van der Waals surface area contributed by atoms with E-state index in [1.54, 1.807) is 10.8 Å². The molecule has 4 nitrogen and oxygen atoms in total. The highest BCUT2D eigenvalue weighted by Gasteiger charge is 2.12. The zero-order chi connectivity index (χ0) is 16.4. The van der Waals surface area contributed by atoms with Gasteiger partial charge in [0.05, 0.1) is 16.3 Å². The van der Waals surface area contributed by atoms with E-state index in [-0.39, 0.29) is 23.2 Å². The number of para-hydroxylation sites is 1. The van der Waals surface area contributed by atoms with Gasteiger partial charge in [-0.2, -0.15) is 5.26 Å². The molecule has 1 N–H and O–H groups in total. The molecular weight excluding hydrogens is 317 g/mol. The molecule has 0 aliphatic heterocycles. The van der Waals surface area contributed by atoms with Crippen molar-refractivity contribution in [1.29, 1.82) is 5.26 Å². The lowest BCUT2D eigenvalue weighted by Gasteiger charge is -2.09. The van der Waals surface area contributed by atoms with Crippen molar-refractivity contribution in [3.63, 3.8) is 0 Å². The minimum Gasteiger partial charge on any atom is -0.337 e. The van der Waals surface area contributed by atoms with Crippen LogP contribution in [0.1, 0.15) is 5.56 Å². The molecule has 1 heterocycles. The molecule has 0 atom stereocenters. The van der Waals surface area contributed by atoms with E-state index in [9.17, 15) is 9.18 Å². The number of fused-ring (bicyclic) bond motifs is 1. The van der Waals surface area contributed by atoms with Crippen LogP contribution in [0.3, 0.4) is 0 Å². The van der Waals surface area contributed by atoms with Crippen LogP contribution in [-0.4, -0.2) is 10.5 Å². The Balaban J connectivity index is 1.86. The van der Waals surface area contributed by atoms with Crippen molar-refractivity contribution in [1.82, 2.24) is 4.57 Å². The second-order valence-electron chi connectivity index (χ2n) is 4.97. The third-order valence-electron chi connectivity index (χ3n) is 3.43. The van der Waals surface area contributed by atoms with Gasteiger partial charge >= 0.3 is 0 Å². The molecule has 0 fully saturated rings. The summed E-state index contributed by atoms with van der Waals surface area (Å²) in [5.74, 6) is -0.842. The van der Waals surface area contributed by atoms with Crippen molar-refractivity contribution in [2.24, 2.45) is 0 Å². The van der Waals surface area contributed by atoms with Crippen LogP contribution in [0.4, 0.5) is 10.1 Å². The normalized spacial score (nSPS) is 10.5. The lowest BCUT2D eigenvalue weighted by Crippen LogP contribution is -2.18. The van der Waals surface area contributed by atoms with Crippen molar-refractivity contribution in [2.45, 2.75) is 6.54 Å². The summed E-state index contributed by atoms with van der Waals surface area (Å²) >= 11 is 5.93. The van der Waals surface area contributed by atoms with Gasteiger partial charge in [-0.1, -0.05) is 29.8 Å². The fourth-order valence-corrected chi connectivity index (χ4v) is 2.57. The molecule has 114 valence electrons. The van der Waals surface area contributed by atoms with E-state index in [0.717, 1.165) is 17.0 Å². The highest BCUT2D eigenvalue weighted by atomic mass is 35.5. The number of aromatic nitrogens is 1. The third kappa shape index (κ3) is 3.03. The Labute approximate surface area is 136 Å². The SMILES string of the molecule is N#Cc1cn(CC(=O)Nc2cc(F)ccc2Cl)c2ccccc12. The van der Waals surface area contributed by atoms with Crippen LogP contribution < -0.4 is 5.32 Å². The predicted octanol–water partition coefficient (Wildman–Crippen LogP) is 3.94. The largest absolute Gasteiger partial charge is 0.337 e. The number of nitrogens with zero attached hydrogens (tertiary/aromatic N) is 2. The summed E-state index contributed by atoms with van der Waals surface area (Å²) in [4.78, 5) is 12.2. The molecule has 23 heavy (non-hydrogen) atoms. The highest BCUT2D eigenvalue weighted by Crippen LogP contribution is 2.23. The van der Waals surface area contributed by atoms with Crippen LogP contribution in [0, 0.1) is 17.1 Å². The number of halogens is 2. The van der Waals surface area contributed by atoms with Gasteiger partial charge in [0.1, 0.15) is 18.4 Å². The predicted molar refractivity (Wildman–Crippen MR) is 86.7 cm³/mol. The second-order valence-corrected chi connectivity index (χ2v) is 5.38. The Morgan fingerprint density at radius 1 is 1.30 bits per heavy atom. The summed E-state index contributed by atoms with van der Waals surface area (Å²) in [5.41, 5.74) is 1.50. The lowest BCUT2D eigenvalue weighted by atomic mass is 10.2. The van der Waals surface area contributed by atoms with Crippen molar-refractivity contribution in [2.75, 3.05) is 5.32 Å². The molecule has 0 aliphatic rings. The lowest BCUT2D eigenvalue weighted by molar-refractivity contribution is -0.116. The van der Waals surface area contributed by atoms with E-state index in [2.05, 4.69) is 11.4 Å². The zero-order valence-electron chi connectivity index (χ0n) is 11.9. The summed E-state index contributed by atoms with van der Waals surface area (Å²) in [5, 5.41) is 12.8. The van der Waals surface area contributed by atoms with Crippen LogP contribution in [0.25, 0.3) is 10.9 Å². The van der Waals surface area contributed by atoms with Crippen molar-refractivity contribution < 1.29 is 9.18 Å². The Kier molecular flexibility index (Phi) is 4.00. The molecule has 0 radical (unpaired) electrons. The molecule has 3 aromatic rings. The topological polar surface area (TPSA) is 57.8 Å². The Morgan fingerprint density at radius 2 is 2.09 bits per heavy atom. The number of hydrogen-bond donors (Lipinski definition) is 1. The van der Waals surface area contributed by atoms with Gasteiger partial charge in [0.15, 0.2) is 0 Å². The fourth-order valence-electron chi connectivity index (χ4n) is 2.40. The summed E-state index contributed by atoms with van der Waals surface area (Å²) in [6, 6.07) is 13.2. The molecule has 0 aliphatic carbocycles. The Bertz CT molecular complexity index is 943. The maximum absolute atomic E-state index is 13.2. The van der Waals surface area contributed by atoms with Gasteiger partial charge in [0.2, 0.25) is 5.91 Å². The van der Waals surface area contributed by atoms with E-state index in [1.807, 2.05) is 24.3 Å². The summed E-state index contributed by atoms with van der Waals surface area (Å²) in [7, 11) is 0. The number of rotatable bonds is 3. The Hall–Kier alpha value is -2.84. The smallest absolute Gasteiger partial charge is 0.244 e. The number of hydrogen-bond acceptors (Lipinski definition) is 2. The van der Waals surface area contributed by atoms with Gasteiger partial charge in [-0.15, -0.1) is 0 Å². The average Bonchev–Trinajstić information content (AvgIpc) is 2.89. The zero-order valence-corrected chi connectivity index (χ0v) is 12.6. The number of nitrogens with one attached hydrogen (secondary N) is 1. The van der Waals surface area contributed by atoms with Crippen molar-refractivity contribution >= 4 is 34.1 Å². The fraction of sp³-hybridized carbons (Fsp3) is 0.0588. The van der Waals surface area contributed by atoms with Crippen molar-refractivity contribution in [3.8, 4) is 6.07 Å². The first-order valence-corrected chi connectivity index (χ1v) is 7.19. The second kappa shape index (κ2) is 6.11. The third-order valence-corrected chi connectivity index (χ3v) is 3.76. The van der Waals surface area contributed by atoms with Crippen LogP contribution in [0.5, 0.6) is 0 Å². The van der Waals surface area contributed by atoms with Gasteiger partial charge in [0.25, 0.3) is 0 Å². The number of anilines is 1. The van der Waals surface area contributed by atoms with Crippen LogP contribution in [-0.2, 0) is 11.3 Å². The van der Waals surface area contributed by atoms with E-state index in [1.165, 1.54) is 12.1 Å². The number of amides is 1. The molecule has 6 heteroatoms. The van der Waals surface area contributed by atoms with Gasteiger partial charge < -0.3 is 9.88 Å². The first kappa shape index (κ1) is 15.1. The quantitative estimate of drug-likeness (QED) is 0.792. The summed E-state index contributed by atoms with van der Waals surface area (Å²) in [6.07, 6.45) is 1.62. The standard InChI is InChI=1S/C17H11ClFN3O/c18-14-6-5-12(19)7-15(14)21-17(23)10-22-9-11(8-20)13-3-1-2-4-16(13)22/h1-7,9H,10H2,(H,21,23). The molecule has 0 bridgehead atoms. The maximum Gasteiger partial charge on any atom is 0.244 e. The number of nitriles is 1.